The first-order chi connectivity index (χ1) is 13.6. The van der Waals surface area contributed by atoms with E-state index in [1.807, 2.05) is 13.8 Å². The normalized spacial score (nSPS) is 11.5. The van der Waals surface area contributed by atoms with Gasteiger partial charge in [0.2, 0.25) is 0 Å². The number of aromatic nitrogens is 2. The molecule has 0 saturated heterocycles. The van der Waals surface area contributed by atoms with Crippen LogP contribution in [0.2, 0.25) is 0 Å². The molecule has 0 atom stereocenters. The summed E-state index contributed by atoms with van der Waals surface area (Å²) in [5.74, 6) is 1.08. The third-order valence-electron chi connectivity index (χ3n) is 3.84. The number of aromatic amines is 1. The van der Waals surface area contributed by atoms with Gasteiger partial charge in [0.15, 0.2) is 0 Å². The summed E-state index contributed by atoms with van der Waals surface area (Å²) in [6, 6.07) is 9.72. The third-order valence-corrected chi connectivity index (χ3v) is 4.33. The Morgan fingerprint density at radius 2 is 1.93 bits per heavy atom. The number of carbonyl (C=O) groups is 1. The molecule has 1 heterocycles. The van der Waals surface area contributed by atoms with E-state index in [0.717, 1.165) is 11.8 Å². The van der Waals surface area contributed by atoms with E-state index in [-0.39, 0.29) is 17.8 Å². The molecule has 1 aromatic heterocycles. The van der Waals surface area contributed by atoms with Gasteiger partial charge in [-0.1, -0.05) is 0 Å². The van der Waals surface area contributed by atoms with Crippen molar-refractivity contribution >= 4 is 32.9 Å². The van der Waals surface area contributed by atoms with Crippen LogP contribution in [0.4, 0.5) is 10.5 Å². The average Bonchev–Trinajstić information content (AvgIpc) is 3.02. The molecule has 0 aliphatic rings. The van der Waals surface area contributed by atoms with Crippen LogP contribution in [0.15, 0.2) is 36.4 Å². The number of ether oxygens (including phenoxy) is 1. The zero-order chi connectivity index (χ0) is 21.2. The Hall–Kier alpha value is -3.27. The molecule has 2 aromatic carbocycles. The van der Waals surface area contributed by atoms with Crippen molar-refractivity contribution in [2.24, 2.45) is 0 Å². The van der Waals surface area contributed by atoms with E-state index in [0.29, 0.717) is 28.3 Å². The van der Waals surface area contributed by atoms with Crippen LogP contribution in [-0.2, 0) is 10.1 Å². The molecule has 3 aromatic rings. The van der Waals surface area contributed by atoms with Gasteiger partial charge in [-0.15, -0.1) is 0 Å². The van der Waals surface area contributed by atoms with Gasteiger partial charge in [-0.05, 0) is 44.2 Å². The van der Waals surface area contributed by atoms with Crippen molar-refractivity contribution in [3.05, 3.63) is 36.4 Å². The summed E-state index contributed by atoms with van der Waals surface area (Å²) in [5, 5.41) is 5.53. The number of nitrogens with one attached hydrogen (secondary N) is 3. The van der Waals surface area contributed by atoms with E-state index in [9.17, 15) is 13.2 Å². The number of amides is 2. The lowest BCUT2D eigenvalue weighted by Crippen LogP contribution is -2.34. The molecule has 154 valence electrons. The maximum atomic E-state index is 11.9. The second-order valence-corrected chi connectivity index (χ2v) is 8.29. The molecule has 0 aliphatic carbocycles. The minimum atomic E-state index is -3.64. The number of urea groups is 1. The molecular formula is C19H22N4O5S. The van der Waals surface area contributed by atoms with Crippen LogP contribution in [0, 0.1) is 0 Å². The number of rotatable bonds is 6. The second kappa shape index (κ2) is 8.00. The van der Waals surface area contributed by atoms with Gasteiger partial charge in [0.1, 0.15) is 17.3 Å². The fourth-order valence-corrected chi connectivity index (χ4v) is 3.19. The maximum Gasteiger partial charge on any atom is 0.319 e. The quantitative estimate of drug-likeness (QED) is 0.529. The van der Waals surface area contributed by atoms with E-state index in [4.69, 9.17) is 8.92 Å². The monoisotopic (exact) mass is 418 g/mol. The van der Waals surface area contributed by atoms with Gasteiger partial charge in [-0.2, -0.15) is 8.42 Å². The number of anilines is 1. The summed E-state index contributed by atoms with van der Waals surface area (Å²) in [7, 11) is -2.17. The van der Waals surface area contributed by atoms with Gasteiger partial charge in [0.25, 0.3) is 0 Å². The van der Waals surface area contributed by atoms with Crippen LogP contribution in [0.25, 0.3) is 22.4 Å². The maximum absolute atomic E-state index is 11.9. The van der Waals surface area contributed by atoms with Crippen LogP contribution in [0.5, 0.6) is 11.5 Å². The first kappa shape index (κ1) is 20.5. The Kier molecular flexibility index (Phi) is 5.64. The summed E-state index contributed by atoms with van der Waals surface area (Å²) in [4.78, 5) is 19.6. The second-order valence-electron chi connectivity index (χ2n) is 6.72. The Morgan fingerprint density at radius 1 is 1.17 bits per heavy atom. The third kappa shape index (κ3) is 5.17. The number of methoxy groups -OCH3 is 1. The number of hydrogen-bond donors (Lipinski definition) is 3. The van der Waals surface area contributed by atoms with Gasteiger partial charge >= 0.3 is 16.1 Å². The van der Waals surface area contributed by atoms with Crippen molar-refractivity contribution in [3.63, 3.8) is 0 Å². The summed E-state index contributed by atoms with van der Waals surface area (Å²) in [6.07, 6.45) is 0.972. The lowest BCUT2D eigenvalue weighted by atomic mass is 10.2. The number of imidazole rings is 1. The predicted molar refractivity (Wildman–Crippen MR) is 111 cm³/mol. The lowest BCUT2D eigenvalue weighted by molar-refractivity contribution is 0.250. The molecule has 9 nitrogen and oxygen atoms in total. The Balaban J connectivity index is 1.91. The van der Waals surface area contributed by atoms with Crippen molar-refractivity contribution in [1.82, 2.24) is 15.3 Å². The number of benzene rings is 2. The molecule has 10 heteroatoms. The fraction of sp³-hybridized carbons (Fsp3) is 0.263. The highest BCUT2D eigenvalue weighted by Crippen LogP contribution is 2.33. The van der Waals surface area contributed by atoms with Crippen LogP contribution >= 0.6 is 0 Å². The Morgan fingerprint density at radius 3 is 2.59 bits per heavy atom. The molecule has 3 N–H and O–H groups in total. The summed E-state index contributed by atoms with van der Waals surface area (Å²) < 4.78 is 32.9. The number of H-pyrrole nitrogens is 1. The van der Waals surface area contributed by atoms with Crippen LogP contribution in [-0.4, -0.2) is 43.8 Å². The number of hydrogen-bond acceptors (Lipinski definition) is 6. The topological polar surface area (TPSA) is 122 Å². The van der Waals surface area contributed by atoms with Crippen molar-refractivity contribution in [3.8, 4) is 22.9 Å². The van der Waals surface area contributed by atoms with Gasteiger partial charge < -0.3 is 24.5 Å². The molecule has 0 bridgehead atoms. The lowest BCUT2D eigenvalue weighted by Gasteiger charge is -2.09. The number of nitrogens with zero attached hydrogens (tertiary/aromatic N) is 1. The summed E-state index contributed by atoms with van der Waals surface area (Å²) in [5.41, 5.74) is 2.68. The van der Waals surface area contributed by atoms with E-state index in [1.165, 1.54) is 19.2 Å². The van der Waals surface area contributed by atoms with Gasteiger partial charge in [0, 0.05) is 17.8 Å². The van der Waals surface area contributed by atoms with Crippen molar-refractivity contribution in [1.29, 1.82) is 0 Å². The Labute approximate surface area is 168 Å². The van der Waals surface area contributed by atoms with Crippen LogP contribution in [0.1, 0.15) is 13.8 Å². The zero-order valence-corrected chi connectivity index (χ0v) is 17.3. The summed E-state index contributed by atoms with van der Waals surface area (Å²) >= 11 is 0. The number of carbonyl (C=O) groups excluding carboxylic acids is 1. The molecular weight excluding hydrogens is 396 g/mol. The highest BCUT2D eigenvalue weighted by molar-refractivity contribution is 7.86. The smallest absolute Gasteiger partial charge is 0.319 e. The van der Waals surface area contributed by atoms with Crippen molar-refractivity contribution in [2.75, 3.05) is 18.7 Å². The van der Waals surface area contributed by atoms with Gasteiger partial charge in [0.05, 0.1) is 30.0 Å². The molecule has 0 unspecified atom stereocenters. The molecule has 0 fully saturated rings. The van der Waals surface area contributed by atoms with Gasteiger partial charge in [-0.3, -0.25) is 0 Å². The molecule has 3 rings (SSSR count). The molecule has 0 aliphatic heterocycles. The predicted octanol–water partition coefficient (Wildman–Crippen LogP) is 3.11. The standard InChI is InChI=1S/C19H22N4O5S/c1-11(2)20-19(24)21-12-5-8-15-16(9-12)23-18(22-15)14-7-6-13(10-17(14)27-3)28-29(4,25)26/h5-11H,1-4H3,(H,22,23)(H2,20,21,24). The van der Waals surface area contributed by atoms with E-state index < -0.39 is 10.1 Å². The highest BCUT2D eigenvalue weighted by atomic mass is 32.2. The molecule has 0 saturated carbocycles. The van der Waals surface area contributed by atoms with Crippen molar-refractivity contribution < 1.29 is 22.1 Å². The fourth-order valence-electron chi connectivity index (χ4n) is 2.74. The molecule has 2 amide bonds. The first-order valence-corrected chi connectivity index (χ1v) is 10.6. The van der Waals surface area contributed by atoms with E-state index in [1.54, 1.807) is 24.3 Å². The Bertz CT molecular complexity index is 1150. The van der Waals surface area contributed by atoms with Crippen LogP contribution < -0.4 is 19.6 Å². The minimum absolute atomic E-state index is 0.0274. The van der Waals surface area contributed by atoms with Gasteiger partial charge in [-0.25, -0.2) is 9.78 Å². The number of fused-ring (bicyclic) bond motifs is 1. The first-order valence-electron chi connectivity index (χ1n) is 8.80. The van der Waals surface area contributed by atoms with Crippen LogP contribution in [0.3, 0.4) is 0 Å². The largest absolute Gasteiger partial charge is 0.496 e. The van der Waals surface area contributed by atoms with Crippen molar-refractivity contribution in [2.45, 2.75) is 19.9 Å². The minimum Gasteiger partial charge on any atom is -0.496 e. The van der Waals surface area contributed by atoms with E-state index in [2.05, 4.69) is 20.6 Å². The molecule has 29 heavy (non-hydrogen) atoms. The zero-order valence-electron chi connectivity index (χ0n) is 16.4. The molecule has 0 radical (unpaired) electrons. The van der Waals surface area contributed by atoms with E-state index >= 15 is 0 Å². The SMILES string of the molecule is COc1cc(OS(C)(=O)=O)ccc1-c1nc2ccc(NC(=O)NC(C)C)cc2[nH]1. The average molecular weight is 418 g/mol. The summed E-state index contributed by atoms with van der Waals surface area (Å²) in [6.45, 7) is 3.76. The highest BCUT2D eigenvalue weighted by Gasteiger charge is 2.14. The molecule has 0 spiro atoms.